The highest BCUT2D eigenvalue weighted by Gasteiger charge is 2.26. The van der Waals surface area contributed by atoms with Crippen molar-refractivity contribution >= 4 is 24.1 Å². The highest BCUT2D eigenvalue weighted by atomic mass is 16.6. The quantitative estimate of drug-likeness (QED) is 0.0981. The van der Waals surface area contributed by atoms with E-state index < -0.39 is 23.9 Å². The average Bonchev–Trinajstić information content (AvgIpc) is 2.55. The molecule has 0 bridgehead atoms. The molecule has 8 nitrogen and oxygen atoms in total. The van der Waals surface area contributed by atoms with E-state index in [-0.39, 0.29) is 18.7 Å². The van der Waals surface area contributed by atoms with Gasteiger partial charge in [0.1, 0.15) is 18.2 Å². The van der Waals surface area contributed by atoms with Crippen LogP contribution in [0.4, 0.5) is 0 Å². The van der Waals surface area contributed by atoms with E-state index in [1.54, 1.807) is 24.3 Å². The van der Waals surface area contributed by atoms with E-state index in [4.69, 9.17) is 27.3 Å². The molecule has 0 spiro atoms. The minimum Gasteiger partial charge on any atom is -0.391 e. The molecule has 2 unspecified atom stereocenters. The van der Waals surface area contributed by atoms with Crippen LogP contribution in [0.5, 0.6) is 0 Å². The van der Waals surface area contributed by atoms with Gasteiger partial charge in [0.2, 0.25) is 0 Å². The summed E-state index contributed by atoms with van der Waals surface area (Å²) in [5, 5.41) is 7.35. The van der Waals surface area contributed by atoms with Gasteiger partial charge in [0.25, 0.3) is 0 Å². The number of amidine groups is 1. The minimum absolute atomic E-state index is 0.0327. The maximum Gasteiger partial charge on any atom is 0.331 e. The molecule has 24 heavy (non-hydrogen) atoms. The van der Waals surface area contributed by atoms with Crippen LogP contribution in [0.25, 0.3) is 0 Å². The molecule has 0 saturated carbocycles. The van der Waals surface area contributed by atoms with Gasteiger partial charge in [0.05, 0.1) is 5.92 Å². The summed E-state index contributed by atoms with van der Waals surface area (Å²) in [5.41, 5.74) is 16.9. The molecule has 126 valence electrons. The van der Waals surface area contributed by atoms with Gasteiger partial charge in [-0.1, -0.05) is 30.2 Å². The Hall–Kier alpha value is -3.18. The lowest BCUT2D eigenvalue weighted by Gasteiger charge is -2.15. The first-order valence-corrected chi connectivity index (χ1v) is 6.98. The van der Waals surface area contributed by atoms with Crippen molar-refractivity contribution < 1.29 is 19.1 Å². The predicted octanol–water partition coefficient (Wildman–Crippen LogP) is -0.650. The van der Waals surface area contributed by atoms with Crippen molar-refractivity contribution in [2.75, 3.05) is 0 Å². The largest absolute Gasteiger partial charge is 0.391 e. The van der Waals surface area contributed by atoms with Gasteiger partial charge < -0.3 is 26.7 Å². The van der Waals surface area contributed by atoms with Crippen LogP contribution in [0.2, 0.25) is 0 Å². The summed E-state index contributed by atoms with van der Waals surface area (Å²) in [5.74, 6) is -0.261. The zero-order chi connectivity index (χ0) is 18.1. The van der Waals surface area contributed by atoms with Gasteiger partial charge in [0.15, 0.2) is 0 Å². The van der Waals surface area contributed by atoms with E-state index in [1.165, 1.54) is 0 Å². The molecule has 0 aliphatic heterocycles. The van der Waals surface area contributed by atoms with E-state index in [9.17, 15) is 14.4 Å². The molecule has 1 aromatic rings. The summed E-state index contributed by atoms with van der Waals surface area (Å²) in [6.07, 6.45) is 0.256. The Morgan fingerprint density at radius 1 is 1.25 bits per heavy atom. The number of hydrogen-bond acceptors (Lipinski definition) is 7. The van der Waals surface area contributed by atoms with Gasteiger partial charge in [0, 0.05) is 24.4 Å². The van der Waals surface area contributed by atoms with Crippen LogP contribution in [0, 0.1) is 17.4 Å². The average molecular weight is 330 g/mol. The van der Waals surface area contributed by atoms with Crippen molar-refractivity contribution in [3.63, 3.8) is 0 Å². The third kappa shape index (κ3) is 5.23. The lowest BCUT2D eigenvalue weighted by atomic mass is 9.95. The summed E-state index contributed by atoms with van der Waals surface area (Å²) in [4.78, 5) is 34.2. The Morgan fingerprint density at radius 3 is 2.38 bits per heavy atom. The number of carbonyl (C=O) groups is 3. The van der Waals surface area contributed by atoms with Crippen molar-refractivity contribution in [2.24, 2.45) is 17.2 Å². The number of aldehydes is 1. The number of nitrogens with one attached hydrogen (secondary N) is 1. The summed E-state index contributed by atoms with van der Waals surface area (Å²) in [6, 6.07) is 7.27. The zero-order valence-electron chi connectivity index (χ0n) is 12.8. The number of nitrogens with two attached hydrogens (primary N) is 3. The molecule has 0 radical (unpaired) electrons. The van der Waals surface area contributed by atoms with E-state index in [1.807, 2.05) is 0 Å². The SMILES string of the molecule is N=C(N)c1ccc(C(CC#CN)C(=O)OC(=O)C(N)CC=O)cc1. The van der Waals surface area contributed by atoms with Gasteiger partial charge in [-0.3, -0.25) is 10.2 Å². The number of rotatable bonds is 7. The number of ether oxygens (including phenoxy) is 1. The second-order valence-corrected chi connectivity index (χ2v) is 4.86. The maximum atomic E-state index is 12.2. The van der Waals surface area contributed by atoms with Crippen LogP contribution in [0.3, 0.4) is 0 Å². The Kier molecular flexibility index (Phi) is 7.13. The van der Waals surface area contributed by atoms with E-state index in [2.05, 4.69) is 12.0 Å². The number of carbonyl (C=O) groups excluding carboxylic acids is 3. The van der Waals surface area contributed by atoms with Gasteiger partial charge in [-0.2, -0.15) is 0 Å². The number of benzene rings is 1. The van der Waals surface area contributed by atoms with Crippen molar-refractivity contribution in [3.05, 3.63) is 35.4 Å². The lowest BCUT2D eigenvalue weighted by Crippen LogP contribution is -2.35. The van der Waals surface area contributed by atoms with Crippen LogP contribution in [0.1, 0.15) is 29.9 Å². The lowest BCUT2D eigenvalue weighted by molar-refractivity contribution is -0.162. The summed E-state index contributed by atoms with van der Waals surface area (Å²) >= 11 is 0. The van der Waals surface area contributed by atoms with E-state index in [0.29, 0.717) is 17.4 Å². The van der Waals surface area contributed by atoms with Crippen LogP contribution in [-0.2, 0) is 19.1 Å². The van der Waals surface area contributed by atoms with Crippen molar-refractivity contribution in [1.82, 2.24) is 0 Å². The van der Waals surface area contributed by atoms with Gasteiger partial charge >= 0.3 is 11.9 Å². The molecule has 0 fully saturated rings. The molecule has 0 aliphatic rings. The molecular formula is C16H18N4O4. The van der Waals surface area contributed by atoms with Crippen LogP contribution in [-0.4, -0.2) is 30.1 Å². The van der Waals surface area contributed by atoms with Crippen LogP contribution in [0.15, 0.2) is 24.3 Å². The molecule has 8 heteroatoms. The van der Waals surface area contributed by atoms with Gasteiger partial charge in [-0.05, 0) is 5.56 Å². The summed E-state index contributed by atoms with van der Waals surface area (Å²) in [6.45, 7) is 0. The molecule has 0 amide bonds. The third-order valence-corrected chi connectivity index (χ3v) is 3.17. The second-order valence-electron chi connectivity index (χ2n) is 4.86. The topological polar surface area (TPSA) is 162 Å². The van der Waals surface area contributed by atoms with Crippen LogP contribution < -0.4 is 17.2 Å². The molecular weight excluding hydrogens is 312 g/mol. The number of hydrogen-bond donors (Lipinski definition) is 4. The van der Waals surface area contributed by atoms with Gasteiger partial charge in [-0.15, -0.1) is 0 Å². The van der Waals surface area contributed by atoms with E-state index in [0.717, 1.165) is 0 Å². The van der Waals surface area contributed by atoms with Crippen LogP contribution >= 0.6 is 0 Å². The normalized spacial score (nSPS) is 12.2. The fraction of sp³-hybridized carbons (Fsp3) is 0.250. The second kappa shape index (κ2) is 9.07. The zero-order valence-corrected chi connectivity index (χ0v) is 12.8. The van der Waals surface area contributed by atoms with Gasteiger partial charge in [-0.25, -0.2) is 4.79 Å². The maximum absolute atomic E-state index is 12.2. The minimum atomic E-state index is -1.20. The molecule has 1 aromatic carbocycles. The highest BCUT2D eigenvalue weighted by Crippen LogP contribution is 2.22. The van der Waals surface area contributed by atoms with Crippen molar-refractivity contribution in [1.29, 1.82) is 5.41 Å². The predicted molar refractivity (Wildman–Crippen MR) is 86.5 cm³/mol. The Balaban J connectivity index is 2.96. The Morgan fingerprint density at radius 2 is 1.88 bits per heavy atom. The summed E-state index contributed by atoms with van der Waals surface area (Å²) < 4.78 is 4.72. The number of esters is 2. The van der Waals surface area contributed by atoms with Crippen molar-refractivity contribution in [2.45, 2.75) is 24.8 Å². The fourth-order valence-electron chi connectivity index (χ4n) is 1.84. The smallest absolute Gasteiger partial charge is 0.331 e. The monoisotopic (exact) mass is 330 g/mol. The molecule has 2 atom stereocenters. The molecule has 0 aromatic heterocycles. The Labute approximate surface area is 138 Å². The number of nitrogen functional groups attached to an aromatic ring is 1. The molecule has 0 saturated heterocycles. The van der Waals surface area contributed by atoms with Crippen molar-refractivity contribution in [3.8, 4) is 12.0 Å². The highest BCUT2D eigenvalue weighted by molar-refractivity contribution is 5.95. The molecule has 0 aliphatic carbocycles. The summed E-state index contributed by atoms with van der Waals surface area (Å²) in [7, 11) is 0. The van der Waals surface area contributed by atoms with E-state index >= 15 is 0 Å². The fourth-order valence-corrected chi connectivity index (χ4v) is 1.84. The third-order valence-electron chi connectivity index (χ3n) is 3.17. The molecule has 7 N–H and O–H groups in total. The first-order valence-electron chi connectivity index (χ1n) is 6.98. The molecule has 1 rings (SSSR count). The first kappa shape index (κ1) is 18.9. The Bertz CT molecular complexity index is 688. The first-order chi connectivity index (χ1) is 11.4. The standard InChI is InChI=1S/C16H18N4O4/c17-8-1-2-12(10-3-5-11(6-4-10)14(19)20)15(22)24-16(23)13(18)7-9-21/h3-6,9,12-13H,2,7,17-18H2,(H3,19,20). The molecule has 0 heterocycles.